The van der Waals surface area contributed by atoms with Gasteiger partial charge in [0.1, 0.15) is 4.60 Å². The lowest BCUT2D eigenvalue weighted by Gasteiger charge is -2.16. The van der Waals surface area contributed by atoms with E-state index in [0.29, 0.717) is 0 Å². The quantitative estimate of drug-likeness (QED) is 0.650. The maximum absolute atomic E-state index is 4.20. The van der Waals surface area contributed by atoms with E-state index in [1.54, 1.807) is 18.0 Å². The third-order valence-corrected chi connectivity index (χ3v) is 4.12. The molecule has 1 atom stereocenters. The highest BCUT2D eigenvalue weighted by Gasteiger charge is 2.07. The molecule has 2 aromatic rings. The van der Waals surface area contributed by atoms with Crippen molar-refractivity contribution >= 4 is 33.4 Å². The van der Waals surface area contributed by atoms with Gasteiger partial charge in [-0.3, -0.25) is 0 Å². The highest BCUT2D eigenvalue weighted by Crippen LogP contribution is 2.25. The molecular weight excluding hydrogens is 308 g/mol. The topological polar surface area (TPSA) is 24.9 Å². The van der Waals surface area contributed by atoms with E-state index in [1.165, 1.54) is 10.5 Å². The Morgan fingerprint density at radius 3 is 2.56 bits per heavy atom. The first-order chi connectivity index (χ1) is 8.70. The van der Waals surface area contributed by atoms with E-state index in [1.807, 2.05) is 12.1 Å². The number of nitrogens with zero attached hydrogens (tertiary/aromatic N) is 1. The molecule has 18 heavy (non-hydrogen) atoms. The first-order valence-electron chi connectivity index (χ1n) is 5.71. The van der Waals surface area contributed by atoms with Crippen LogP contribution in [0.15, 0.2) is 52.1 Å². The van der Waals surface area contributed by atoms with Crippen LogP contribution in [0.1, 0.15) is 18.5 Å². The van der Waals surface area contributed by atoms with Crippen LogP contribution in [-0.4, -0.2) is 11.2 Å². The summed E-state index contributed by atoms with van der Waals surface area (Å²) in [4.78, 5) is 5.49. The van der Waals surface area contributed by atoms with Crippen molar-refractivity contribution in [1.29, 1.82) is 0 Å². The third-order valence-electron chi connectivity index (χ3n) is 2.75. The van der Waals surface area contributed by atoms with E-state index < -0.39 is 0 Å². The monoisotopic (exact) mass is 322 g/mol. The number of rotatable bonds is 4. The normalized spacial score (nSPS) is 12.2. The van der Waals surface area contributed by atoms with Gasteiger partial charge in [-0.1, -0.05) is 12.1 Å². The van der Waals surface area contributed by atoms with Gasteiger partial charge in [0.05, 0.1) is 5.69 Å². The molecule has 1 unspecified atom stereocenters. The summed E-state index contributed by atoms with van der Waals surface area (Å²) in [5.41, 5.74) is 2.28. The fourth-order valence-corrected chi connectivity index (χ4v) is 2.48. The van der Waals surface area contributed by atoms with Crippen LogP contribution in [0.25, 0.3) is 0 Å². The smallest absolute Gasteiger partial charge is 0.129 e. The van der Waals surface area contributed by atoms with Gasteiger partial charge in [0.15, 0.2) is 0 Å². The highest BCUT2D eigenvalue weighted by atomic mass is 79.9. The molecule has 0 saturated carbocycles. The van der Waals surface area contributed by atoms with E-state index >= 15 is 0 Å². The molecule has 1 heterocycles. The van der Waals surface area contributed by atoms with E-state index in [-0.39, 0.29) is 6.04 Å². The molecule has 2 rings (SSSR count). The van der Waals surface area contributed by atoms with Gasteiger partial charge in [-0.15, -0.1) is 11.8 Å². The molecule has 0 aliphatic heterocycles. The molecule has 0 spiro atoms. The van der Waals surface area contributed by atoms with Gasteiger partial charge >= 0.3 is 0 Å². The Labute approximate surface area is 120 Å². The van der Waals surface area contributed by atoms with Crippen LogP contribution in [0.5, 0.6) is 0 Å². The minimum absolute atomic E-state index is 0.251. The lowest BCUT2D eigenvalue weighted by atomic mass is 10.1. The summed E-state index contributed by atoms with van der Waals surface area (Å²) >= 11 is 5.20. The van der Waals surface area contributed by atoms with Crippen LogP contribution >= 0.6 is 27.7 Å². The predicted octanol–water partition coefficient (Wildman–Crippen LogP) is 4.74. The molecule has 94 valence electrons. The molecular formula is C14H15BrN2S. The molecule has 2 nitrogen and oxygen atoms in total. The number of halogens is 1. The second-order valence-corrected chi connectivity index (χ2v) is 5.61. The van der Waals surface area contributed by atoms with Crippen LogP contribution in [0.2, 0.25) is 0 Å². The maximum atomic E-state index is 4.20. The van der Waals surface area contributed by atoms with Crippen molar-refractivity contribution in [3.8, 4) is 0 Å². The Hall–Kier alpha value is -1.00. The molecule has 0 aliphatic carbocycles. The summed E-state index contributed by atoms with van der Waals surface area (Å²) in [6, 6.07) is 12.8. The predicted molar refractivity (Wildman–Crippen MR) is 82.2 cm³/mol. The summed E-state index contributed by atoms with van der Waals surface area (Å²) in [7, 11) is 0. The number of benzene rings is 1. The van der Waals surface area contributed by atoms with Gasteiger partial charge in [-0.2, -0.15) is 0 Å². The lowest BCUT2D eigenvalue weighted by Crippen LogP contribution is -2.07. The van der Waals surface area contributed by atoms with Crippen molar-refractivity contribution in [1.82, 2.24) is 4.98 Å². The number of pyridine rings is 1. The van der Waals surface area contributed by atoms with Crippen molar-refractivity contribution in [3.63, 3.8) is 0 Å². The second kappa shape index (κ2) is 6.25. The first kappa shape index (κ1) is 13.4. The molecule has 0 aliphatic rings. The Kier molecular flexibility index (Phi) is 4.66. The zero-order valence-corrected chi connectivity index (χ0v) is 12.8. The summed E-state index contributed by atoms with van der Waals surface area (Å²) in [6.07, 6.45) is 3.86. The largest absolute Gasteiger partial charge is 0.376 e. The van der Waals surface area contributed by atoms with Crippen molar-refractivity contribution in [2.75, 3.05) is 11.6 Å². The Balaban J connectivity index is 2.11. The van der Waals surface area contributed by atoms with Gasteiger partial charge < -0.3 is 5.32 Å². The third kappa shape index (κ3) is 3.27. The molecule has 1 aromatic carbocycles. The van der Waals surface area contributed by atoms with Crippen LogP contribution in [0.3, 0.4) is 0 Å². The molecule has 0 radical (unpaired) electrons. The summed E-state index contributed by atoms with van der Waals surface area (Å²) < 4.78 is 0.845. The molecule has 0 fully saturated rings. The Morgan fingerprint density at radius 2 is 1.94 bits per heavy atom. The summed E-state index contributed by atoms with van der Waals surface area (Å²) in [5, 5.41) is 3.45. The molecule has 1 N–H and O–H groups in total. The van der Waals surface area contributed by atoms with Gasteiger partial charge in [-0.05, 0) is 58.9 Å². The first-order valence-corrected chi connectivity index (χ1v) is 7.73. The zero-order chi connectivity index (χ0) is 13.0. The minimum Gasteiger partial charge on any atom is -0.376 e. The van der Waals surface area contributed by atoms with Gasteiger partial charge in [0.25, 0.3) is 0 Å². The van der Waals surface area contributed by atoms with Crippen LogP contribution in [-0.2, 0) is 0 Å². The van der Waals surface area contributed by atoms with Crippen LogP contribution < -0.4 is 5.32 Å². The molecule has 0 bridgehead atoms. The summed E-state index contributed by atoms with van der Waals surface area (Å²) in [6.45, 7) is 2.15. The fourth-order valence-electron chi connectivity index (χ4n) is 1.70. The fraction of sp³-hybridized carbons (Fsp3) is 0.214. The number of nitrogens with one attached hydrogen (secondary N) is 1. The highest BCUT2D eigenvalue weighted by molar-refractivity contribution is 9.10. The van der Waals surface area contributed by atoms with E-state index in [9.17, 15) is 0 Å². The average molecular weight is 323 g/mol. The van der Waals surface area contributed by atoms with Crippen molar-refractivity contribution in [3.05, 3.63) is 52.8 Å². The molecule has 0 saturated heterocycles. The standard InChI is InChI=1S/C14H15BrN2S/c1-10(11-5-7-12(18-2)8-6-11)17-13-4-3-9-16-14(13)15/h3-10,17H,1-2H3. The number of hydrogen-bond donors (Lipinski definition) is 1. The summed E-state index contributed by atoms with van der Waals surface area (Å²) in [5.74, 6) is 0. The van der Waals surface area contributed by atoms with Gasteiger partial charge in [-0.25, -0.2) is 4.98 Å². The molecule has 1 aromatic heterocycles. The number of hydrogen-bond acceptors (Lipinski definition) is 3. The van der Waals surface area contributed by atoms with Gasteiger partial charge in [0, 0.05) is 17.1 Å². The zero-order valence-electron chi connectivity index (χ0n) is 10.4. The minimum atomic E-state index is 0.251. The van der Waals surface area contributed by atoms with E-state index in [0.717, 1.165) is 10.3 Å². The maximum Gasteiger partial charge on any atom is 0.129 e. The lowest BCUT2D eigenvalue weighted by molar-refractivity contribution is 0.879. The van der Waals surface area contributed by atoms with Crippen LogP contribution in [0, 0.1) is 0 Å². The number of anilines is 1. The van der Waals surface area contributed by atoms with Crippen LogP contribution in [0.4, 0.5) is 5.69 Å². The molecule has 4 heteroatoms. The number of aromatic nitrogens is 1. The Morgan fingerprint density at radius 1 is 1.22 bits per heavy atom. The van der Waals surface area contributed by atoms with Crippen molar-refractivity contribution in [2.24, 2.45) is 0 Å². The molecule has 0 amide bonds. The SMILES string of the molecule is CSc1ccc(C(C)Nc2cccnc2Br)cc1. The number of thioether (sulfide) groups is 1. The van der Waals surface area contributed by atoms with E-state index in [2.05, 4.69) is 63.7 Å². The van der Waals surface area contributed by atoms with Crippen molar-refractivity contribution < 1.29 is 0 Å². The van der Waals surface area contributed by atoms with Gasteiger partial charge in [0.2, 0.25) is 0 Å². The average Bonchev–Trinajstić information content (AvgIpc) is 2.41. The van der Waals surface area contributed by atoms with Crippen molar-refractivity contribution in [2.45, 2.75) is 17.9 Å². The second-order valence-electron chi connectivity index (χ2n) is 3.98. The Bertz CT molecular complexity index is 513. The van der Waals surface area contributed by atoms with E-state index in [4.69, 9.17) is 0 Å².